The van der Waals surface area contributed by atoms with Crippen LogP contribution in [0.25, 0.3) is 11.3 Å². The predicted molar refractivity (Wildman–Crippen MR) is 85.2 cm³/mol. The van der Waals surface area contributed by atoms with Crippen LogP contribution in [-0.4, -0.2) is 27.8 Å². The lowest BCUT2D eigenvalue weighted by Gasteiger charge is -2.20. The first-order valence-electron chi connectivity index (χ1n) is 7.33. The molecule has 136 valence electrons. The molecule has 2 aromatic rings. The van der Waals surface area contributed by atoms with Crippen LogP contribution in [-0.2, 0) is 11.8 Å². The summed E-state index contributed by atoms with van der Waals surface area (Å²) in [6, 6.07) is 5.32. The summed E-state index contributed by atoms with van der Waals surface area (Å²) in [7, 11) is 1.58. The van der Waals surface area contributed by atoms with Crippen molar-refractivity contribution < 1.29 is 27.4 Å². The zero-order chi connectivity index (χ0) is 18.8. The van der Waals surface area contributed by atoms with Crippen LogP contribution in [0.2, 0.25) is 0 Å². The summed E-state index contributed by atoms with van der Waals surface area (Å²) in [6.45, 7) is 5.11. The number of carbonyl (C=O) groups excluding carboxylic acids is 1. The lowest BCUT2D eigenvalue weighted by molar-refractivity contribution is -0.274. The van der Waals surface area contributed by atoms with Gasteiger partial charge in [-0.25, -0.2) is 4.79 Å². The average Bonchev–Trinajstić information content (AvgIpc) is 2.83. The van der Waals surface area contributed by atoms with Crippen LogP contribution in [0.5, 0.6) is 5.75 Å². The molecule has 1 N–H and O–H groups in total. The molecule has 0 saturated heterocycles. The SMILES string of the molecule is Cn1nccc1-c1cc(NC(=O)OC(C)(C)C)ccc1OC(F)(F)F. The second kappa shape index (κ2) is 6.66. The highest BCUT2D eigenvalue weighted by Crippen LogP contribution is 2.35. The predicted octanol–water partition coefficient (Wildman–Crippen LogP) is 4.33. The Bertz CT molecular complexity index is 764. The molecule has 0 spiro atoms. The van der Waals surface area contributed by atoms with Gasteiger partial charge >= 0.3 is 12.5 Å². The first-order valence-corrected chi connectivity index (χ1v) is 7.33. The highest BCUT2D eigenvalue weighted by atomic mass is 19.4. The van der Waals surface area contributed by atoms with Crippen LogP contribution >= 0.6 is 0 Å². The van der Waals surface area contributed by atoms with Gasteiger partial charge in [0.1, 0.15) is 11.4 Å². The minimum Gasteiger partial charge on any atom is -0.444 e. The van der Waals surface area contributed by atoms with E-state index in [0.29, 0.717) is 5.69 Å². The molecule has 0 aliphatic carbocycles. The lowest BCUT2D eigenvalue weighted by Crippen LogP contribution is -2.27. The molecule has 1 heterocycles. The van der Waals surface area contributed by atoms with Crippen molar-refractivity contribution >= 4 is 11.8 Å². The van der Waals surface area contributed by atoms with Gasteiger partial charge in [-0.15, -0.1) is 13.2 Å². The Hall–Kier alpha value is -2.71. The molecule has 0 bridgehead atoms. The maximum absolute atomic E-state index is 12.6. The summed E-state index contributed by atoms with van der Waals surface area (Å²) in [5.41, 5.74) is 0.0897. The van der Waals surface area contributed by atoms with Gasteiger partial charge in [0.2, 0.25) is 0 Å². The zero-order valence-corrected chi connectivity index (χ0v) is 14.1. The summed E-state index contributed by atoms with van der Waals surface area (Å²) < 4.78 is 48.5. The highest BCUT2D eigenvalue weighted by molar-refractivity contribution is 5.87. The molecule has 25 heavy (non-hydrogen) atoms. The largest absolute Gasteiger partial charge is 0.573 e. The summed E-state index contributed by atoms with van der Waals surface area (Å²) in [5.74, 6) is -0.397. The van der Waals surface area contributed by atoms with E-state index in [-0.39, 0.29) is 11.3 Å². The number of carbonyl (C=O) groups is 1. The van der Waals surface area contributed by atoms with Crippen molar-refractivity contribution in [3.63, 3.8) is 0 Å². The number of amides is 1. The van der Waals surface area contributed by atoms with Crippen molar-refractivity contribution in [3.8, 4) is 17.0 Å². The monoisotopic (exact) mass is 357 g/mol. The van der Waals surface area contributed by atoms with Crippen LogP contribution in [0, 0.1) is 0 Å². The number of ether oxygens (including phenoxy) is 2. The summed E-state index contributed by atoms with van der Waals surface area (Å²) >= 11 is 0. The molecule has 6 nitrogen and oxygen atoms in total. The standard InChI is InChI=1S/C16H18F3N3O3/c1-15(2,3)25-14(23)21-10-5-6-13(24-16(17,18)19)11(9-10)12-7-8-20-22(12)4/h5-9H,1-4H3,(H,21,23). The molecule has 1 aromatic carbocycles. The van der Waals surface area contributed by atoms with E-state index in [1.165, 1.54) is 29.1 Å². The maximum Gasteiger partial charge on any atom is 0.573 e. The molecule has 0 saturated carbocycles. The Balaban J connectivity index is 2.36. The van der Waals surface area contributed by atoms with Gasteiger partial charge in [-0.05, 0) is 45.0 Å². The summed E-state index contributed by atoms with van der Waals surface area (Å²) in [4.78, 5) is 11.8. The number of rotatable bonds is 3. The van der Waals surface area contributed by atoms with Crippen LogP contribution in [0.1, 0.15) is 20.8 Å². The Morgan fingerprint density at radius 2 is 1.88 bits per heavy atom. The smallest absolute Gasteiger partial charge is 0.444 e. The number of hydrogen-bond acceptors (Lipinski definition) is 4. The Kier molecular flexibility index (Phi) is 4.96. The van der Waals surface area contributed by atoms with Gasteiger partial charge in [0.25, 0.3) is 0 Å². The quantitative estimate of drug-likeness (QED) is 0.888. The van der Waals surface area contributed by atoms with Crippen molar-refractivity contribution in [2.45, 2.75) is 32.7 Å². The first-order chi connectivity index (χ1) is 11.4. The lowest BCUT2D eigenvalue weighted by atomic mass is 10.1. The minimum atomic E-state index is -4.84. The third kappa shape index (κ3) is 5.40. The minimum absolute atomic E-state index is 0.130. The number of anilines is 1. The van der Waals surface area contributed by atoms with E-state index >= 15 is 0 Å². The van der Waals surface area contributed by atoms with Gasteiger partial charge in [-0.3, -0.25) is 10.00 Å². The number of benzene rings is 1. The third-order valence-corrected chi connectivity index (χ3v) is 2.95. The molecule has 0 aliphatic rings. The molecule has 0 fully saturated rings. The number of hydrogen-bond donors (Lipinski definition) is 1. The van der Waals surface area contributed by atoms with Crippen LogP contribution in [0.15, 0.2) is 30.5 Å². The van der Waals surface area contributed by atoms with Crippen molar-refractivity contribution in [2.75, 3.05) is 5.32 Å². The Labute approximate surface area is 142 Å². The summed E-state index contributed by atoms with van der Waals surface area (Å²) in [6.07, 6.45) is -4.11. The van der Waals surface area contributed by atoms with E-state index in [2.05, 4.69) is 15.2 Å². The number of aromatic nitrogens is 2. The fourth-order valence-corrected chi connectivity index (χ4v) is 2.08. The number of aryl methyl sites for hydroxylation is 1. The summed E-state index contributed by atoms with van der Waals surface area (Å²) in [5, 5.41) is 6.42. The number of nitrogens with one attached hydrogen (secondary N) is 1. The highest BCUT2D eigenvalue weighted by Gasteiger charge is 2.32. The molecule has 1 amide bonds. The van der Waals surface area contributed by atoms with E-state index in [4.69, 9.17) is 4.74 Å². The van der Waals surface area contributed by atoms with E-state index in [9.17, 15) is 18.0 Å². The van der Waals surface area contributed by atoms with Gasteiger partial charge in [0.15, 0.2) is 0 Å². The molecule has 9 heteroatoms. The van der Waals surface area contributed by atoms with Gasteiger partial charge < -0.3 is 9.47 Å². The Morgan fingerprint density at radius 1 is 1.20 bits per heavy atom. The number of halogens is 3. The third-order valence-electron chi connectivity index (χ3n) is 2.95. The number of alkyl halides is 3. The van der Waals surface area contributed by atoms with Crippen molar-refractivity contribution in [1.82, 2.24) is 9.78 Å². The van der Waals surface area contributed by atoms with Gasteiger partial charge in [0.05, 0.1) is 5.69 Å². The zero-order valence-electron chi connectivity index (χ0n) is 14.1. The van der Waals surface area contributed by atoms with Crippen LogP contribution in [0.3, 0.4) is 0 Å². The van der Waals surface area contributed by atoms with E-state index in [1.807, 2.05) is 0 Å². The van der Waals surface area contributed by atoms with Gasteiger partial charge in [0, 0.05) is 24.5 Å². The molecular weight excluding hydrogens is 339 g/mol. The van der Waals surface area contributed by atoms with Crippen molar-refractivity contribution in [3.05, 3.63) is 30.5 Å². The second-order valence-corrected chi connectivity index (χ2v) is 6.23. The maximum atomic E-state index is 12.6. The van der Waals surface area contributed by atoms with E-state index in [0.717, 1.165) is 6.07 Å². The van der Waals surface area contributed by atoms with Crippen molar-refractivity contribution in [1.29, 1.82) is 0 Å². The van der Waals surface area contributed by atoms with E-state index in [1.54, 1.807) is 27.8 Å². The molecule has 1 aromatic heterocycles. The van der Waals surface area contributed by atoms with Gasteiger partial charge in [-0.1, -0.05) is 0 Å². The Morgan fingerprint density at radius 3 is 2.40 bits per heavy atom. The fraction of sp³-hybridized carbons (Fsp3) is 0.375. The van der Waals surface area contributed by atoms with Crippen LogP contribution < -0.4 is 10.1 Å². The van der Waals surface area contributed by atoms with Crippen LogP contribution in [0.4, 0.5) is 23.7 Å². The average molecular weight is 357 g/mol. The van der Waals surface area contributed by atoms with E-state index < -0.39 is 23.8 Å². The second-order valence-electron chi connectivity index (χ2n) is 6.23. The normalized spacial score (nSPS) is 12.0. The topological polar surface area (TPSA) is 65.4 Å². The molecule has 0 radical (unpaired) electrons. The number of nitrogens with zero attached hydrogens (tertiary/aromatic N) is 2. The molecule has 0 atom stereocenters. The van der Waals surface area contributed by atoms with Crippen molar-refractivity contribution in [2.24, 2.45) is 7.05 Å². The molecule has 2 rings (SSSR count). The van der Waals surface area contributed by atoms with Gasteiger partial charge in [-0.2, -0.15) is 5.10 Å². The molecule has 0 aliphatic heterocycles. The molecular formula is C16H18F3N3O3. The fourth-order valence-electron chi connectivity index (χ4n) is 2.08. The molecule has 0 unspecified atom stereocenters. The first kappa shape index (κ1) is 18.6.